The highest BCUT2D eigenvalue weighted by Gasteiger charge is 2.20. The Morgan fingerprint density at radius 2 is 1.79 bits per heavy atom. The van der Waals surface area contributed by atoms with E-state index in [1.165, 1.54) is 20.3 Å². The number of thiophene rings is 1. The van der Waals surface area contributed by atoms with Crippen LogP contribution in [0.15, 0.2) is 28.1 Å². The highest BCUT2D eigenvalue weighted by atomic mass is 79.9. The quantitative estimate of drug-likeness (QED) is 0.650. The Balaban J connectivity index is 2.44. The molecule has 1 heterocycles. The van der Waals surface area contributed by atoms with Gasteiger partial charge in [0.15, 0.2) is 11.5 Å². The van der Waals surface area contributed by atoms with Crippen LogP contribution in [0.1, 0.15) is 15.3 Å². The highest BCUT2D eigenvalue weighted by Crippen LogP contribution is 2.41. The van der Waals surface area contributed by atoms with E-state index in [9.17, 15) is 4.39 Å². The molecule has 1 unspecified atom stereocenters. The van der Waals surface area contributed by atoms with Gasteiger partial charge in [0, 0.05) is 16.5 Å². The van der Waals surface area contributed by atoms with E-state index < -0.39 is 0 Å². The van der Waals surface area contributed by atoms with Crippen LogP contribution in [-0.4, -0.2) is 14.2 Å². The molecule has 102 valence electrons. The molecule has 1 aromatic carbocycles. The summed E-state index contributed by atoms with van der Waals surface area (Å²) in [5.74, 6) is 0.568. The van der Waals surface area contributed by atoms with Gasteiger partial charge in [0.2, 0.25) is 0 Å². The highest BCUT2D eigenvalue weighted by molar-refractivity contribution is 9.11. The zero-order valence-corrected chi connectivity index (χ0v) is 14.2. The maximum atomic E-state index is 14.1. The summed E-state index contributed by atoms with van der Waals surface area (Å²) in [6.07, 6.45) is 0. The monoisotopic (exact) mass is 408 g/mol. The van der Waals surface area contributed by atoms with Gasteiger partial charge < -0.3 is 9.47 Å². The molecule has 0 aliphatic carbocycles. The van der Waals surface area contributed by atoms with Gasteiger partial charge in [-0.1, -0.05) is 15.9 Å². The van der Waals surface area contributed by atoms with Crippen molar-refractivity contribution in [3.8, 4) is 11.5 Å². The number of benzene rings is 1. The molecule has 0 radical (unpaired) electrons. The molecule has 0 aliphatic heterocycles. The summed E-state index contributed by atoms with van der Waals surface area (Å²) in [5.41, 5.74) is 0.520. The summed E-state index contributed by atoms with van der Waals surface area (Å²) in [5, 5.41) is 0. The summed E-state index contributed by atoms with van der Waals surface area (Å²) in [6.45, 7) is 0. The van der Waals surface area contributed by atoms with E-state index in [0.29, 0.717) is 17.1 Å². The van der Waals surface area contributed by atoms with Gasteiger partial charge in [-0.05, 0) is 34.1 Å². The van der Waals surface area contributed by atoms with Crippen LogP contribution in [0.25, 0.3) is 0 Å². The molecule has 0 N–H and O–H groups in total. The second-order valence-electron chi connectivity index (χ2n) is 3.73. The lowest BCUT2D eigenvalue weighted by atomic mass is 10.1. The van der Waals surface area contributed by atoms with Gasteiger partial charge in [-0.15, -0.1) is 11.3 Å². The van der Waals surface area contributed by atoms with Crippen LogP contribution < -0.4 is 9.47 Å². The Bertz CT molecular complexity index is 586. The fourth-order valence-electron chi connectivity index (χ4n) is 1.68. The molecule has 0 amide bonds. The summed E-state index contributed by atoms with van der Waals surface area (Å²) in [4.78, 5) is 0.793. The van der Waals surface area contributed by atoms with E-state index in [1.54, 1.807) is 17.4 Å². The lowest BCUT2D eigenvalue weighted by Gasteiger charge is -2.14. The fourth-order valence-corrected chi connectivity index (χ4v) is 3.89. The zero-order valence-electron chi connectivity index (χ0n) is 10.2. The fraction of sp³-hybridized carbons (Fsp3) is 0.231. The van der Waals surface area contributed by atoms with Gasteiger partial charge in [0.1, 0.15) is 5.82 Å². The topological polar surface area (TPSA) is 18.5 Å². The normalized spacial score (nSPS) is 12.3. The molecular formula is C13H11Br2FO2S. The first kappa shape index (κ1) is 14.8. The molecule has 0 bridgehead atoms. The Kier molecular flexibility index (Phi) is 4.86. The molecular weight excluding hydrogens is 399 g/mol. The molecule has 2 aromatic rings. The van der Waals surface area contributed by atoms with Crippen molar-refractivity contribution in [3.63, 3.8) is 0 Å². The summed E-state index contributed by atoms with van der Waals surface area (Å²) in [7, 11) is 3.02. The van der Waals surface area contributed by atoms with Crippen LogP contribution in [0.5, 0.6) is 11.5 Å². The number of rotatable bonds is 4. The predicted molar refractivity (Wildman–Crippen MR) is 82.3 cm³/mol. The lowest BCUT2D eigenvalue weighted by Crippen LogP contribution is -1.98. The van der Waals surface area contributed by atoms with Crippen LogP contribution in [0.4, 0.5) is 4.39 Å². The van der Waals surface area contributed by atoms with Crippen LogP contribution in [0.2, 0.25) is 0 Å². The van der Waals surface area contributed by atoms with Crippen molar-refractivity contribution in [2.45, 2.75) is 4.83 Å². The molecule has 0 fully saturated rings. The van der Waals surface area contributed by atoms with Crippen molar-refractivity contribution >= 4 is 43.2 Å². The van der Waals surface area contributed by atoms with Gasteiger partial charge in [-0.3, -0.25) is 0 Å². The first-order valence-corrected chi connectivity index (χ1v) is 7.90. The number of ether oxygens (including phenoxy) is 2. The minimum absolute atomic E-state index is 0.219. The van der Waals surface area contributed by atoms with Crippen molar-refractivity contribution in [1.82, 2.24) is 0 Å². The molecule has 1 aromatic heterocycles. The van der Waals surface area contributed by atoms with E-state index >= 15 is 0 Å². The number of alkyl halides is 1. The Morgan fingerprint density at radius 1 is 1.16 bits per heavy atom. The molecule has 0 spiro atoms. The molecule has 6 heteroatoms. The zero-order chi connectivity index (χ0) is 14.0. The SMILES string of the molecule is COc1cc(F)c(C(Br)c2ccc(Br)s2)cc1OC. The third-order valence-electron chi connectivity index (χ3n) is 2.62. The number of hydrogen-bond acceptors (Lipinski definition) is 3. The second kappa shape index (κ2) is 6.24. The van der Waals surface area contributed by atoms with Crippen molar-refractivity contribution < 1.29 is 13.9 Å². The first-order valence-electron chi connectivity index (χ1n) is 5.37. The smallest absolute Gasteiger partial charge is 0.163 e. The Labute approximate surface area is 131 Å². The van der Waals surface area contributed by atoms with Gasteiger partial charge in [-0.2, -0.15) is 0 Å². The van der Waals surface area contributed by atoms with Gasteiger partial charge in [0.25, 0.3) is 0 Å². The van der Waals surface area contributed by atoms with Crippen LogP contribution in [-0.2, 0) is 0 Å². The number of methoxy groups -OCH3 is 2. The molecule has 1 atom stereocenters. The Morgan fingerprint density at radius 3 is 2.32 bits per heavy atom. The largest absolute Gasteiger partial charge is 0.493 e. The van der Waals surface area contributed by atoms with Crippen molar-refractivity contribution in [1.29, 1.82) is 0 Å². The number of halogens is 3. The molecule has 0 saturated carbocycles. The van der Waals surface area contributed by atoms with E-state index in [4.69, 9.17) is 9.47 Å². The minimum Gasteiger partial charge on any atom is -0.493 e. The van der Waals surface area contributed by atoms with E-state index in [1.807, 2.05) is 12.1 Å². The van der Waals surface area contributed by atoms with Gasteiger partial charge in [0.05, 0.1) is 22.8 Å². The van der Waals surface area contributed by atoms with Gasteiger partial charge in [-0.25, -0.2) is 4.39 Å². The van der Waals surface area contributed by atoms with E-state index in [0.717, 1.165) is 8.66 Å². The van der Waals surface area contributed by atoms with E-state index in [-0.39, 0.29) is 10.6 Å². The third-order valence-corrected chi connectivity index (χ3v) is 5.60. The maximum absolute atomic E-state index is 14.1. The standard InChI is InChI=1S/C13H11Br2FO2S/c1-17-9-5-7(8(16)6-10(9)18-2)13(15)11-3-4-12(14)19-11/h3-6,13H,1-2H3. The molecule has 2 rings (SSSR count). The summed E-state index contributed by atoms with van der Waals surface area (Å²) in [6, 6.07) is 6.88. The lowest BCUT2D eigenvalue weighted by molar-refractivity contribution is 0.351. The predicted octanol–water partition coefficient (Wildman–Crippen LogP) is 5.15. The van der Waals surface area contributed by atoms with Crippen molar-refractivity contribution in [2.75, 3.05) is 14.2 Å². The molecule has 19 heavy (non-hydrogen) atoms. The molecule has 2 nitrogen and oxygen atoms in total. The first-order chi connectivity index (χ1) is 9.06. The van der Waals surface area contributed by atoms with Crippen LogP contribution in [0.3, 0.4) is 0 Å². The second-order valence-corrected chi connectivity index (χ2v) is 7.14. The van der Waals surface area contributed by atoms with Crippen LogP contribution >= 0.6 is 43.2 Å². The number of hydrogen-bond donors (Lipinski definition) is 0. The van der Waals surface area contributed by atoms with Crippen molar-refractivity contribution in [2.24, 2.45) is 0 Å². The summed E-state index contributed by atoms with van der Waals surface area (Å²) >= 11 is 8.48. The maximum Gasteiger partial charge on any atom is 0.163 e. The molecule has 0 aliphatic rings. The third kappa shape index (κ3) is 3.12. The minimum atomic E-state index is -0.330. The summed E-state index contributed by atoms with van der Waals surface area (Å²) < 4.78 is 25.4. The van der Waals surface area contributed by atoms with E-state index in [2.05, 4.69) is 31.9 Å². The molecule has 0 saturated heterocycles. The van der Waals surface area contributed by atoms with Gasteiger partial charge >= 0.3 is 0 Å². The van der Waals surface area contributed by atoms with Crippen LogP contribution in [0, 0.1) is 5.82 Å². The average Bonchev–Trinajstić information content (AvgIpc) is 2.84. The van der Waals surface area contributed by atoms with Crippen molar-refractivity contribution in [3.05, 3.63) is 44.3 Å². The average molecular weight is 410 g/mol. The Hall–Kier alpha value is -0.590.